The summed E-state index contributed by atoms with van der Waals surface area (Å²) in [5.41, 5.74) is 3.88. The quantitative estimate of drug-likeness (QED) is 0.530. The second kappa shape index (κ2) is 9.04. The molecule has 6 nitrogen and oxygen atoms in total. The van der Waals surface area contributed by atoms with Crippen molar-refractivity contribution in [1.29, 1.82) is 0 Å². The van der Waals surface area contributed by atoms with Gasteiger partial charge in [-0.05, 0) is 35.2 Å². The summed E-state index contributed by atoms with van der Waals surface area (Å²) in [5, 5.41) is 2.26. The lowest BCUT2D eigenvalue weighted by Crippen LogP contribution is -2.51. The van der Waals surface area contributed by atoms with Crippen LogP contribution >= 0.6 is 12.6 Å². The molecule has 2 unspecified atom stereocenters. The molecule has 3 aliphatic rings. The fourth-order valence-electron chi connectivity index (χ4n) is 5.03. The first-order valence-electron chi connectivity index (χ1n) is 11.2. The van der Waals surface area contributed by atoms with Crippen molar-refractivity contribution in [2.45, 2.75) is 37.3 Å². The number of thiol groups is 1. The van der Waals surface area contributed by atoms with E-state index in [1.807, 2.05) is 4.90 Å². The molecule has 1 N–H and O–H groups in total. The van der Waals surface area contributed by atoms with Crippen molar-refractivity contribution in [2.24, 2.45) is 0 Å². The van der Waals surface area contributed by atoms with E-state index < -0.39 is 11.6 Å². The fourth-order valence-corrected chi connectivity index (χ4v) is 5.52. The van der Waals surface area contributed by atoms with Crippen LogP contribution in [0.3, 0.4) is 0 Å². The highest BCUT2D eigenvalue weighted by Gasteiger charge is 2.39. The van der Waals surface area contributed by atoms with Crippen molar-refractivity contribution in [1.82, 2.24) is 15.1 Å². The van der Waals surface area contributed by atoms with E-state index in [0.29, 0.717) is 38.2 Å². The van der Waals surface area contributed by atoms with E-state index in [9.17, 15) is 18.4 Å². The smallest absolute Gasteiger partial charge is 0.243 e. The summed E-state index contributed by atoms with van der Waals surface area (Å²) < 4.78 is 27.3. The van der Waals surface area contributed by atoms with Crippen molar-refractivity contribution in [3.05, 3.63) is 64.7 Å². The molecule has 9 heteroatoms. The van der Waals surface area contributed by atoms with Crippen LogP contribution in [0, 0.1) is 11.6 Å². The Morgan fingerprint density at radius 3 is 2.55 bits per heavy atom. The van der Waals surface area contributed by atoms with Crippen molar-refractivity contribution in [3.63, 3.8) is 0 Å². The number of halogens is 2. The molecule has 2 aromatic rings. The second-order valence-corrected chi connectivity index (χ2v) is 9.39. The Hall–Kier alpha value is -2.49. The van der Waals surface area contributed by atoms with Gasteiger partial charge in [-0.2, -0.15) is 12.6 Å². The molecular formula is C24H26F2N4O2S. The lowest BCUT2D eigenvalue weighted by atomic mass is 10.0. The van der Waals surface area contributed by atoms with E-state index in [0.717, 1.165) is 36.8 Å². The van der Waals surface area contributed by atoms with Crippen LogP contribution in [0.4, 0.5) is 14.5 Å². The van der Waals surface area contributed by atoms with E-state index in [1.165, 1.54) is 17.7 Å². The molecule has 0 radical (unpaired) electrons. The van der Waals surface area contributed by atoms with Gasteiger partial charge in [-0.15, -0.1) is 0 Å². The molecule has 5 rings (SSSR count). The Morgan fingerprint density at radius 1 is 1.03 bits per heavy atom. The van der Waals surface area contributed by atoms with Crippen molar-refractivity contribution in [2.75, 3.05) is 31.1 Å². The summed E-state index contributed by atoms with van der Waals surface area (Å²) in [6, 6.07) is 9.74. The van der Waals surface area contributed by atoms with E-state index in [-0.39, 0.29) is 23.2 Å². The average molecular weight is 473 g/mol. The topological polar surface area (TPSA) is 55.9 Å². The zero-order valence-corrected chi connectivity index (χ0v) is 19.0. The van der Waals surface area contributed by atoms with Crippen LogP contribution in [-0.4, -0.2) is 53.8 Å². The van der Waals surface area contributed by atoms with Gasteiger partial charge in [0.15, 0.2) is 0 Å². The summed E-state index contributed by atoms with van der Waals surface area (Å²) >= 11 is 4.76. The minimum absolute atomic E-state index is 0.174. The number of carbonyl (C=O) groups excluding carboxylic acids is 2. The summed E-state index contributed by atoms with van der Waals surface area (Å²) in [5.74, 6) is -1.54. The first kappa shape index (κ1) is 22.3. The highest BCUT2D eigenvalue weighted by molar-refractivity contribution is 7.80. The van der Waals surface area contributed by atoms with E-state index in [1.54, 1.807) is 0 Å². The van der Waals surface area contributed by atoms with E-state index in [2.05, 4.69) is 33.3 Å². The van der Waals surface area contributed by atoms with Crippen LogP contribution in [0.5, 0.6) is 0 Å². The van der Waals surface area contributed by atoms with Crippen LogP contribution in [0.1, 0.15) is 34.9 Å². The second-order valence-electron chi connectivity index (χ2n) is 8.90. The van der Waals surface area contributed by atoms with Crippen LogP contribution in [0.25, 0.3) is 0 Å². The number of nitrogens with one attached hydrogen (secondary N) is 1. The lowest BCUT2D eigenvalue weighted by Gasteiger charge is -2.36. The third-order valence-electron chi connectivity index (χ3n) is 6.79. The number of carbonyl (C=O) groups is 2. The Labute approximate surface area is 196 Å². The number of fused-ring (bicyclic) bond motifs is 1. The molecule has 2 aromatic carbocycles. The highest BCUT2D eigenvalue weighted by Crippen LogP contribution is 2.39. The minimum Gasteiger partial charge on any atom is -0.367 e. The molecular weight excluding hydrogens is 446 g/mol. The number of piperazine rings is 1. The number of hydrogen-bond acceptors (Lipinski definition) is 6. The van der Waals surface area contributed by atoms with Gasteiger partial charge in [0.2, 0.25) is 11.8 Å². The maximum Gasteiger partial charge on any atom is 0.243 e. The molecule has 174 valence electrons. The Bertz CT molecular complexity index is 1090. The monoisotopic (exact) mass is 472 g/mol. The first-order chi connectivity index (χ1) is 15.9. The third-order valence-corrected chi connectivity index (χ3v) is 7.37. The first-order valence-corrected chi connectivity index (χ1v) is 11.7. The van der Waals surface area contributed by atoms with Crippen LogP contribution < -0.4 is 10.2 Å². The van der Waals surface area contributed by atoms with Crippen molar-refractivity contribution in [3.8, 4) is 0 Å². The molecule has 0 bridgehead atoms. The predicted octanol–water partition coefficient (Wildman–Crippen LogP) is 2.84. The number of imide groups is 1. The maximum absolute atomic E-state index is 14.1. The molecule has 0 spiro atoms. The standard InChI is InChI=1S/C24H26F2N4O2S/c25-17-2-4-20(19(26)12-17)29-9-7-28(8-10-29)13-15-1-3-18-16(11-15)14-30(24(18)33)21-5-6-22(31)27-23(21)32/h1-4,11-12,21,24,33H,5-10,13-14H2,(H,27,31,32). The summed E-state index contributed by atoms with van der Waals surface area (Å²) in [7, 11) is 0. The van der Waals surface area contributed by atoms with E-state index in [4.69, 9.17) is 12.6 Å². The van der Waals surface area contributed by atoms with Gasteiger partial charge < -0.3 is 4.90 Å². The van der Waals surface area contributed by atoms with Gasteiger partial charge >= 0.3 is 0 Å². The number of hydrogen-bond donors (Lipinski definition) is 2. The molecule has 2 saturated heterocycles. The summed E-state index contributed by atoms with van der Waals surface area (Å²) in [6.07, 6.45) is 0.865. The summed E-state index contributed by atoms with van der Waals surface area (Å²) in [6.45, 7) is 4.33. The fraction of sp³-hybridized carbons (Fsp3) is 0.417. The van der Waals surface area contributed by atoms with E-state index >= 15 is 0 Å². The number of anilines is 1. The van der Waals surface area contributed by atoms with Gasteiger partial charge in [0, 0.05) is 51.8 Å². The van der Waals surface area contributed by atoms with Gasteiger partial charge in [0.05, 0.1) is 17.1 Å². The van der Waals surface area contributed by atoms with Gasteiger partial charge in [0.1, 0.15) is 11.6 Å². The molecule has 2 amide bonds. The number of nitrogens with zero attached hydrogens (tertiary/aromatic N) is 3. The molecule has 0 aromatic heterocycles. The molecule has 3 aliphatic heterocycles. The Balaban J connectivity index is 1.21. The normalized spacial score (nSPS) is 24.2. The van der Waals surface area contributed by atoms with Crippen LogP contribution in [-0.2, 0) is 22.7 Å². The number of amides is 2. The predicted molar refractivity (Wildman–Crippen MR) is 124 cm³/mol. The van der Waals surface area contributed by atoms with Gasteiger partial charge in [-0.1, -0.05) is 18.2 Å². The number of piperidine rings is 1. The molecule has 33 heavy (non-hydrogen) atoms. The van der Waals surface area contributed by atoms with Crippen LogP contribution in [0.2, 0.25) is 0 Å². The molecule has 0 saturated carbocycles. The maximum atomic E-state index is 14.1. The number of rotatable bonds is 4. The van der Waals surface area contributed by atoms with Crippen LogP contribution in [0.15, 0.2) is 36.4 Å². The van der Waals surface area contributed by atoms with Crippen molar-refractivity contribution < 1.29 is 18.4 Å². The Morgan fingerprint density at radius 2 is 1.82 bits per heavy atom. The molecule has 3 heterocycles. The molecule has 0 aliphatic carbocycles. The minimum atomic E-state index is -0.564. The zero-order chi connectivity index (χ0) is 23.1. The Kier molecular flexibility index (Phi) is 6.11. The largest absolute Gasteiger partial charge is 0.367 e. The van der Waals surface area contributed by atoms with Crippen molar-refractivity contribution >= 4 is 30.1 Å². The average Bonchev–Trinajstić information content (AvgIpc) is 3.10. The molecule has 2 fully saturated rings. The van der Waals surface area contributed by atoms with Gasteiger partial charge in [-0.25, -0.2) is 8.78 Å². The van der Waals surface area contributed by atoms with Gasteiger partial charge in [0.25, 0.3) is 0 Å². The summed E-state index contributed by atoms with van der Waals surface area (Å²) in [4.78, 5) is 30.1. The lowest BCUT2D eigenvalue weighted by molar-refractivity contribution is -0.137. The number of benzene rings is 2. The zero-order valence-electron chi connectivity index (χ0n) is 18.1. The highest BCUT2D eigenvalue weighted by atomic mass is 32.1. The molecule has 2 atom stereocenters. The SMILES string of the molecule is O=C1CCC(N2Cc3cc(CN4CCN(c5ccc(F)cc5F)CC4)ccc3C2S)C(=O)N1. The van der Waals surface area contributed by atoms with Gasteiger partial charge in [-0.3, -0.25) is 24.7 Å². The third kappa shape index (κ3) is 4.49.